The van der Waals surface area contributed by atoms with E-state index in [1.165, 1.54) is 18.4 Å². The molecule has 2 N–H and O–H groups in total. The summed E-state index contributed by atoms with van der Waals surface area (Å²) in [7, 11) is -4.14. The normalized spacial score (nSPS) is 10.6. The molecule has 4 nitrogen and oxygen atoms in total. The molecule has 10 heavy (non-hydrogen) atoms. The van der Waals surface area contributed by atoms with Gasteiger partial charge in [-0.2, -0.15) is 0 Å². The summed E-state index contributed by atoms with van der Waals surface area (Å²) in [5, 5.41) is 0. The molecule has 0 saturated carbocycles. The summed E-state index contributed by atoms with van der Waals surface area (Å²) in [6.45, 7) is 0. The van der Waals surface area contributed by atoms with Crippen molar-refractivity contribution < 1.29 is 18.8 Å². The summed E-state index contributed by atoms with van der Waals surface area (Å²) in [6.07, 6.45) is 1.22. The Morgan fingerprint density at radius 2 is 2.10 bits per heavy atom. The molecule has 0 saturated heterocycles. The summed E-state index contributed by atoms with van der Waals surface area (Å²) in [5.74, 6) is 0. The van der Waals surface area contributed by atoms with Gasteiger partial charge in [0, 0.05) is 0 Å². The number of hydrogen-bond acceptors (Lipinski definition) is 2. The molecule has 56 valence electrons. The molecule has 0 bridgehead atoms. The van der Waals surface area contributed by atoms with Crippen molar-refractivity contribution in [2.75, 3.05) is 0 Å². The molecule has 0 aliphatic heterocycles. The first-order valence-corrected chi connectivity index (χ1v) is 3.81. The Kier molecular flexibility index (Phi) is 3.79. The van der Waals surface area contributed by atoms with E-state index in [-0.39, 0.29) is 32.8 Å². The molecule has 1 aromatic heterocycles. The van der Waals surface area contributed by atoms with E-state index < -0.39 is 7.60 Å². The first-order valence-electron chi connectivity index (χ1n) is 2.20. The van der Waals surface area contributed by atoms with Gasteiger partial charge < -0.3 is 14.2 Å². The summed E-state index contributed by atoms with van der Waals surface area (Å²) in [5.41, 5.74) is -0.289. The van der Waals surface area contributed by atoms with Crippen LogP contribution in [0, 0.1) is 0 Å². The molecule has 1 rings (SSSR count). The summed E-state index contributed by atoms with van der Waals surface area (Å²) in [4.78, 5) is 16.8. The molecular weight excluding hydrogens is 350 g/mol. The Morgan fingerprint density at radius 3 is 2.30 bits per heavy atom. The zero-order valence-electron chi connectivity index (χ0n) is 5.10. The average molecular weight is 357 g/mol. The fraction of sp³-hybridized carbons (Fsp3) is 0. The van der Waals surface area contributed by atoms with Crippen molar-refractivity contribution in [3.63, 3.8) is 0 Å². The second-order valence-corrected chi connectivity index (χ2v) is 3.02. The number of rotatable bonds is 1. The van der Waals surface area contributed by atoms with Crippen LogP contribution < -0.4 is 5.50 Å². The third-order valence-corrected chi connectivity index (χ3v) is 1.62. The van der Waals surface area contributed by atoms with Crippen LogP contribution in [0.2, 0.25) is 0 Å². The molecule has 6 heteroatoms. The Morgan fingerprint density at radius 1 is 1.50 bits per heavy atom. The zero-order valence-corrected chi connectivity index (χ0v) is 11.5. The van der Waals surface area contributed by atoms with Gasteiger partial charge >= 0.3 is 34.9 Å². The van der Waals surface area contributed by atoms with Gasteiger partial charge in [0.1, 0.15) is 0 Å². The molecule has 1 heterocycles. The molecule has 0 aliphatic carbocycles. The van der Waals surface area contributed by atoms with Crippen molar-refractivity contribution in [2.45, 2.75) is 0 Å². The van der Waals surface area contributed by atoms with Crippen LogP contribution in [0.1, 0.15) is 0 Å². The van der Waals surface area contributed by atoms with Crippen LogP contribution in [0.25, 0.3) is 0 Å². The SMILES string of the molecule is O=P(O)(O)c1ccco1.[PbH2]. The van der Waals surface area contributed by atoms with Gasteiger partial charge in [-0.25, -0.2) is 0 Å². The predicted octanol–water partition coefficient (Wildman–Crippen LogP) is -0.834. The Labute approximate surface area is 77.6 Å². The van der Waals surface area contributed by atoms with Gasteiger partial charge in [0.15, 0.2) is 0 Å². The van der Waals surface area contributed by atoms with E-state index in [0.717, 1.165) is 0 Å². The van der Waals surface area contributed by atoms with Crippen molar-refractivity contribution in [1.82, 2.24) is 0 Å². The average Bonchev–Trinajstić information content (AvgIpc) is 2.08. The van der Waals surface area contributed by atoms with Crippen molar-refractivity contribution in [3.05, 3.63) is 18.4 Å². The van der Waals surface area contributed by atoms with Gasteiger partial charge in [-0.1, -0.05) is 0 Å². The monoisotopic (exact) mass is 358 g/mol. The molecule has 1 aromatic rings. The van der Waals surface area contributed by atoms with Crippen LogP contribution in [0.15, 0.2) is 22.8 Å². The van der Waals surface area contributed by atoms with Crippen LogP contribution >= 0.6 is 7.60 Å². The predicted molar refractivity (Wildman–Crippen MR) is 38.9 cm³/mol. The number of hydrogen-bond donors (Lipinski definition) is 2. The van der Waals surface area contributed by atoms with E-state index in [4.69, 9.17) is 9.79 Å². The molecule has 0 aliphatic rings. The molecular formula is C4H7O4PPb. The summed E-state index contributed by atoms with van der Waals surface area (Å²) in [6, 6.07) is 2.66. The Hall–Kier alpha value is 0.352. The molecule has 0 aromatic carbocycles. The standard InChI is InChI=1S/C4H5O4P.Pb.2H/c5-9(6,7)4-2-1-3-8-4;;;/h1-3H,(H2,5,6,7);;;. The maximum atomic E-state index is 10.3. The maximum absolute atomic E-state index is 10.3. The first kappa shape index (κ1) is 10.4. The van der Waals surface area contributed by atoms with Crippen LogP contribution in [0.5, 0.6) is 0 Å². The third-order valence-electron chi connectivity index (χ3n) is 0.793. The minimum absolute atomic E-state index is 0. The van der Waals surface area contributed by atoms with E-state index in [1.807, 2.05) is 0 Å². The third kappa shape index (κ3) is 2.53. The van der Waals surface area contributed by atoms with Gasteiger partial charge in [0.05, 0.1) is 6.26 Å². The Bertz CT molecular complexity index is 225. The Balaban J connectivity index is 0.000000810. The molecule has 0 fully saturated rings. The molecule has 2 radical (unpaired) electrons. The van der Waals surface area contributed by atoms with Crippen molar-refractivity contribution in [1.29, 1.82) is 0 Å². The summed E-state index contributed by atoms with van der Waals surface area (Å²) >= 11 is 0. The van der Waals surface area contributed by atoms with E-state index in [0.29, 0.717) is 0 Å². The van der Waals surface area contributed by atoms with E-state index in [1.54, 1.807) is 0 Å². The van der Waals surface area contributed by atoms with E-state index in [2.05, 4.69) is 4.42 Å². The molecule has 0 spiro atoms. The minimum atomic E-state index is -4.14. The second-order valence-electron chi connectivity index (χ2n) is 1.50. The van der Waals surface area contributed by atoms with Gasteiger partial charge in [-0.3, -0.25) is 4.57 Å². The second kappa shape index (κ2) is 3.66. The summed E-state index contributed by atoms with van der Waals surface area (Å²) < 4.78 is 14.7. The van der Waals surface area contributed by atoms with Gasteiger partial charge in [-0.15, -0.1) is 0 Å². The van der Waals surface area contributed by atoms with Crippen LogP contribution in [0.4, 0.5) is 0 Å². The van der Waals surface area contributed by atoms with Gasteiger partial charge in [0.25, 0.3) is 0 Å². The first-order chi connectivity index (χ1) is 4.11. The quantitative estimate of drug-likeness (QED) is 0.508. The zero-order chi connectivity index (χ0) is 6.91. The van der Waals surface area contributed by atoms with Crippen molar-refractivity contribution in [2.24, 2.45) is 0 Å². The van der Waals surface area contributed by atoms with Crippen LogP contribution in [0.3, 0.4) is 0 Å². The van der Waals surface area contributed by atoms with Crippen LogP contribution in [-0.2, 0) is 4.57 Å². The van der Waals surface area contributed by atoms with E-state index in [9.17, 15) is 4.57 Å². The van der Waals surface area contributed by atoms with Gasteiger partial charge in [0.2, 0.25) is 5.50 Å². The fourth-order valence-electron chi connectivity index (χ4n) is 0.436. The van der Waals surface area contributed by atoms with Crippen LogP contribution in [-0.4, -0.2) is 37.1 Å². The fourth-order valence-corrected chi connectivity index (χ4v) is 0.914. The molecule has 0 atom stereocenters. The molecule has 0 unspecified atom stereocenters. The molecule has 0 amide bonds. The van der Waals surface area contributed by atoms with E-state index >= 15 is 0 Å². The topological polar surface area (TPSA) is 70.7 Å². The number of furan rings is 1. The van der Waals surface area contributed by atoms with Crippen molar-refractivity contribution in [3.8, 4) is 0 Å². The van der Waals surface area contributed by atoms with Crippen molar-refractivity contribution >= 4 is 40.4 Å². The van der Waals surface area contributed by atoms with Gasteiger partial charge in [-0.05, 0) is 12.1 Å².